The largest absolute Gasteiger partial charge is 0.484 e. The summed E-state index contributed by atoms with van der Waals surface area (Å²) in [5, 5.41) is 10.5. The van der Waals surface area contributed by atoms with Crippen molar-refractivity contribution in [3.63, 3.8) is 0 Å². The van der Waals surface area contributed by atoms with E-state index in [1.807, 2.05) is 42.5 Å². The summed E-state index contributed by atoms with van der Waals surface area (Å²) in [6.45, 7) is 2.07. The highest BCUT2D eigenvalue weighted by Gasteiger charge is 2.14. The second-order valence-corrected chi connectivity index (χ2v) is 5.88. The molecule has 0 aliphatic heterocycles. The number of carbonyl (C=O) groups is 1. The lowest BCUT2D eigenvalue weighted by Crippen LogP contribution is -2.32. The third kappa shape index (κ3) is 4.69. The first-order chi connectivity index (χ1) is 12.8. The lowest BCUT2D eigenvalue weighted by atomic mass is 10.0. The summed E-state index contributed by atoms with van der Waals surface area (Å²) in [5.74, 6) is 0.906. The van der Waals surface area contributed by atoms with Crippen LogP contribution in [0.2, 0.25) is 0 Å². The highest BCUT2D eigenvalue weighted by Crippen LogP contribution is 2.21. The van der Waals surface area contributed by atoms with Gasteiger partial charge >= 0.3 is 0 Å². The first-order valence-electron chi connectivity index (χ1n) is 8.60. The zero-order chi connectivity index (χ0) is 18.2. The van der Waals surface area contributed by atoms with Crippen LogP contribution in [0.25, 0.3) is 11.5 Å². The van der Waals surface area contributed by atoms with E-state index in [0.717, 1.165) is 24.0 Å². The van der Waals surface area contributed by atoms with Crippen molar-refractivity contribution in [1.29, 1.82) is 0 Å². The van der Waals surface area contributed by atoms with Gasteiger partial charge in [-0.1, -0.05) is 43.7 Å². The van der Waals surface area contributed by atoms with Gasteiger partial charge in [-0.2, -0.15) is 0 Å². The first kappa shape index (κ1) is 17.7. The second-order valence-electron chi connectivity index (χ2n) is 5.88. The van der Waals surface area contributed by atoms with Gasteiger partial charge in [0.15, 0.2) is 6.61 Å². The molecule has 134 valence electrons. The Balaban J connectivity index is 1.54. The molecule has 0 spiro atoms. The molecule has 0 bridgehead atoms. The van der Waals surface area contributed by atoms with Crippen molar-refractivity contribution in [2.45, 2.75) is 25.8 Å². The van der Waals surface area contributed by atoms with E-state index in [9.17, 15) is 4.79 Å². The van der Waals surface area contributed by atoms with Gasteiger partial charge in [0.1, 0.15) is 5.75 Å². The maximum atomic E-state index is 12.3. The summed E-state index contributed by atoms with van der Waals surface area (Å²) >= 11 is 0. The molecule has 0 aliphatic rings. The highest BCUT2D eigenvalue weighted by molar-refractivity contribution is 5.78. The van der Waals surface area contributed by atoms with Gasteiger partial charge in [-0.3, -0.25) is 4.79 Å². The maximum Gasteiger partial charge on any atom is 0.258 e. The summed E-state index contributed by atoms with van der Waals surface area (Å²) < 4.78 is 10.7. The molecule has 0 radical (unpaired) electrons. The quantitative estimate of drug-likeness (QED) is 0.668. The summed E-state index contributed by atoms with van der Waals surface area (Å²) in [6, 6.07) is 17.1. The standard InChI is InChI=1S/C20H21N3O3/c1-2-6-18(15-7-4-3-5-8-15)22-19(24)13-25-17-11-9-16(10-12-17)20-23-21-14-26-20/h3-5,7-12,14,18H,2,6,13H2,1H3,(H,22,24)/t18-/m0/s1. The fourth-order valence-electron chi connectivity index (χ4n) is 2.67. The third-order valence-corrected chi connectivity index (χ3v) is 3.95. The van der Waals surface area contributed by atoms with E-state index in [1.54, 1.807) is 12.1 Å². The van der Waals surface area contributed by atoms with Gasteiger partial charge in [-0.05, 0) is 36.2 Å². The van der Waals surface area contributed by atoms with Gasteiger partial charge in [0.05, 0.1) is 6.04 Å². The molecule has 6 heteroatoms. The number of hydrogen-bond acceptors (Lipinski definition) is 5. The predicted molar refractivity (Wildman–Crippen MR) is 97.5 cm³/mol. The van der Waals surface area contributed by atoms with Gasteiger partial charge in [0.25, 0.3) is 5.91 Å². The molecule has 0 saturated heterocycles. The lowest BCUT2D eigenvalue weighted by molar-refractivity contribution is -0.123. The molecule has 0 unspecified atom stereocenters. The number of carbonyl (C=O) groups excluding carboxylic acids is 1. The van der Waals surface area contributed by atoms with Crippen LogP contribution in [0.1, 0.15) is 31.4 Å². The molecule has 26 heavy (non-hydrogen) atoms. The van der Waals surface area contributed by atoms with Crippen molar-refractivity contribution in [3.05, 3.63) is 66.6 Å². The molecule has 1 heterocycles. The Morgan fingerprint density at radius 1 is 1.15 bits per heavy atom. The minimum atomic E-state index is -0.145. The maximum absolute atomic E-state index is 12.3. The highest BCUT2D eigenvalue weighted by atomic mass is 16.5. The number of hydrogen-bond donors (Lipinski definition) is 1. The fourth-order valence-corrected chi connectivity index (χ4v) is 2.67. The second kappa shape index (κ2) is 8.80. The monoisotopic (exact) mass is 351 g/mol. The van der Waals surface area contributed by atoms with Gasteiger partial charge in [-0.15, -0.1) is 10.2 Å². The molecule has 0 aliphatic carbocycles. The van der Waals surface area contributed by atoms with Crippen molar-refractivity contribution in [2.75, 3.05) is 6.61 Å². The van der Waals surface area contributed by atoms with Crippen LogP contribution in [0.5, 0.6) is 5.75 Å². The lowest BCUT2D eigenvalue weighted by Gasteiger charge is -2.18. The van der Waals surface area contributed by atoms with E-state index < -0.39 is 0 Å². The molecular weight excluding hydrogens is 330 g/mol. The molecule has 0 fully saturated rings. The Labute approximate surface area is 152 Å². The topological polar surface area (TPSA) is 77.2 Å². The molecule has 3 aromatic rings. The zero-order valence-corrected chi connectivity index (χ0v) is 14.6. The molecule has 2 aromatic carbocycles. The van der Waals surface area contributed by atoms with E-state index >= 15 is 0 Å². The van der Waals surface area contributed by atoms with Crippen LogP contribution < -0.4 is 10.1 Å². The van der Waals surface area contributed by atoms with E-state index in [4.69, 9.17) is 9.15 Å². The minimum absolute atomic E-state index is 0.00259. The third-order valence-electron chi connectivity index (χ3n) is 3.95. The van der Waals surface area contributed by atoms with Gasteiger partial charge in [0.2, 0.25) is 12.3 Å². The summed E-state index contributed by atoms with van der Waals surface area (Å²) in [5.41, 5.74) is 1.90. The number of ether oxygens (including phenoxy) is 1. The van der Waals surface area contributed by atoms with Crippen LogP contribution in [-0.2, 0) is 4.79 Å². The van der Waals surface area contributed by atoms with Gasteiger partial charge in [-0.25, -0.2) is 0 Å². The van der Waals surface area contributed by atoms with Crippen LogP contribution in [0.4, 0.5) is 0 Å². The summed E-state index contributed by atoms with van der Waals surface area (Å²) in [6.07, 6.45) is 3.15. The van der Waals surface area contributed by atoms with Crippen LogP contribution in [0.15, 0.2) is 65.4 Å². The Bertz CT molecular complexity index is 802. The molecule has 3 rings (SSSR count). The molecule has 1 N–H and O–H groups in total. The van der Waals surface area contributed by atoms with Gasteiger partial charge < -0.3 is 14.5 Å². The number of benzene rings is 2. The first-order valence-corrected chi connectivity index (χ1v) is 8.60. The van der Waals surface area contributed by atoms with E-state index in [2.05, 4.69) is 22.4 Å². The fraction of sp³-hybridized carbons (Fsp3) is 0.250. The van der Waals surface area contributed by atoms with Crippen molar-refractivity contribution < 1.29 is 13.9 Å². The van der Waals surface area contributed by atoms with E-state index in [-0.39, 0.29) is 18.6 Å². The van der Waals surface area contributed by atoms with Crippen LogP contribution >= 0.6 is 0 Å². The Morgan fingerprint density at radius 3 is 2.58 bits per heavy atom. The van der Waals surface area contributed by atoms with Crippen molar-refractivity contribution in [3.8, 4) is 17.2 Å². The van der Waals surface area contributed by atoms with E-state index in [0.29, 0.717) is 11.6 Å². The van der Waals surface area contributed by atoms with Crippen LogP contribution in [0, 0.1) is 0 Å². The smallest absolute Gasteiger partial charge is 0.258 e. The minimum Gasteiger partial charge on any atom is -0.484 e. The number of nitrogens with zero attached hydrogens (tertiary/aromatic N) is 2. The summed E-state index contributed by atoms with van der Waals surface area (Å²) in [4.78, 5) is 12.3. The molecular formula is C20H21N3O3. The van der Waals surface area contributed by atoms with Crippen molar-refractivity contribution in [2.24, 2.45) is 0 Å². The number of rotatable bonds is 8. The zero-order valence-electron chi connectivity index (χ0n) is 14.6. The molecule has 1 amide bonds. The van der Waals surface area contributed by atoms with Crippen molar-refractivity contribution >= 4 is 5.91 Å². The Kier molecular flexibility index (Phi) is 5.98. The molecule has 1 atom stereocenters. The molecule has 6 nitrogen and oxygen atoms in total. The Morgan fingerprint density at radius 2 is 1.92 bits per heavy atom. The van der Waals surface area contributed by atoms with E-state index in [1.165, 1.54) is 6.39 Å². The number of aromatic nitrogens is 2. The predicted octanol–water partition coefficient (Wildman–Crippen LogP) is 3.77. The molecule has 0 saturated carbocycles. The summed E-state index contributed by atoms with van der Waals surface area (Å²) in [7, 11) is 0. The van der Waals surface area contributed by atoms with Crippen LogP contribution in [0.3, 0.4) is 0 Å². The Hall–Kier alpha value is -3.15. The normalized spacial score (nSPS) is 11.7. The van der Waals surface area contributed by atoms with Crippen LogP contribution in [-0.4, -0.2) is 22.7 Å². The molecule has 1 aromatic heterocycles. The number of nitrogens with one attached hydrogen (secondary N) is 1. The van der Waals surface area contributed by atoms with Gasteiger partial charge in [0, 0.05) is 5.56 Å². The average Bonchev–Trinajstić information content (AvgIpc) is 3.22. The SMILES string of the molecule is CCC[C@H](NC(=O)COc1ccc(-c2nnco2)cc1)c1ccccc1. The van der Waals surface area contributed by atoms with Crippen molar-refractivity contribution in [1.82, 2.24) is 15.5 Å². The average molecular weight is 351 g/mol. The number of amides is 1.